The van der Waals surface area contributed by atoms with Crippen LogP contribution in [0.5, 0.6) is 0 Å². The van der Waals surface area contributed by atoms with Crippen LogP contribution in [0.1, 0.15) is 45.9 Å². The molecule has 158 valence electrons. The molecule has 2 N–H and O–H groups in total. The molecule has 1 aliphatic heterocycles. The number of aryl methyl sites for hydroxylation is 1. The van der Waals surface area contributed by atoms with Gasteiger partial charge in [-0.25, -0.2) is 4.98 Å². The summed E-state index contributed by atoms with van der Waals surface area (Å²) in [5, 5.41) is 13.5. The summed E-state index contributed by atoms with van der Waals surface area (Å²) in [5.74, 6) is 0.661. The average molecular weight is 401 g/mol. The highest BCUT2D eigenvalue weighted by molar-refractivity contribution is 5.83. The number of hydrogen-bond acceptors (Lipinski definition) is 5. The minimum atomic E-state index is -0.913. The number of pyridine rings is 1. The Kier molecular flexibility index (Phi) is 4.76. The van der Waals surface area contributed by atoms with Crippen molar-refractivity contribution in [3.05, 3.63) is 35.8 Å². The number of nitrogens with zero attached hydrogens (tertiary/aromatic N) is 3. The fourth-order valence-electron chi connectivity index (χ4n) is 4.59. The van der Waals surface area contributed by atoms with Gasteiger partial charge in [-0.3, -0.25) is 9.69 Å². The Bertz CT molecular complexity index is 918. The molecule has 0 bridgehead atoms. The maximum absolute atomic E-state index is 13.0. The molecule has 7 heteroatoms. The van der Waals surface area contributed by atoms with Gasteiger partial charge in [0.05, 0.1) is 23.0 Å². The number of aliphatic hydroxyl groups excluding tert-OH is 1. The van der Waals surface area contributed by atoms with Gasteiger partial charge in [0.25, 0.3) is 0 Å². The van der Waals surface area contributed by atoms with E-state index in [1.807, 2.05) is 75.4 Å². The molecule has 3 heterocycles. The first-order valence-electron chi connectivity index (χ1n) is 10.3. The third kappa shape index (κ3) is 3.79. The van der Waals surface area contributed by atoms with Gasteiger partial charge in [-0.2, -0.15) is 0 Å². The van der Waals surface area contributed by atoms with Crippen molar-refractivity contribution in [2.24, 2.45) is 17.8 Å². The van der Waals surface area contributed by atoms with Crippen LogP contribution < -0.4 is 5.32 Å². The first-order chi connectivity index (χ1) is 13.5. The first-order valence-corrected chi connectivity index (χ1v) is 10.3. The smallest absolute Gasteiger partial charge is 0.224 e. The van der Waals surface area contributed by atoms with Gasteiger partial charge in [0.1, 0.15) is 5.65 Å². The topological polar surface area (TPSA) is 79.1 Å². The molecule has 2 aliphatic rings. The number of nitrogens with one attached hydrogen (secondary N) is 1. The van der Waals surface area contributed by atoms with E-state index < -0.39 is 17.6 Å². The second-order valence-corrected chi connectivity index (χ2v) is 10.0. The number of ether oxygens (including phenoxy) is 1. The van der Waals surface area contributed by atoms with Crippen LogP contribution in [0.25, 0.3) is 5.65 Å². The second kappa shape index (κ2) is 6.79. The Labute approximate surface area is 172 Å². The summed E-state index contributed by atoms with van der Waals surface area (Å²) in [6, 6.07) is 4.03. The van der Waals surface area contributed by atoms with Gasteiger partial charge >= 0.3 is 0 Å². The molecule has 1 aliphatic carbocycles. The third-order valence-electron chi connectivity index (χ3n) is 6.10. The van der Waals surface area contributed by atoms with Crippen LogP contribution in [0, 0.1) is 24.7 Å². The van der Waals surface area contributed by atoms with Crippen LogP contribution in [0.15, 0.2) is 24.5 Å². The Hall–Kier alpha value is -1.96. The van der Waals surface area contributed by atoms with Gasteiger partial charge in [-0.05, 0) is 65.0 Å². The number of imidazole rings is 1. The number of aliphatic hydroxyl groups is 1. The quantitative estimate of drug-likeness (QED) is 0.753. The maximum Gasteiger partial charge on any atom is 0.224 e. The van der Waals surface area contributed by atoms with Crippen molar-refractivity contribution in [1.29, 1.82) is 0 Å². The minimum absolute atomic E-state index is 0.00767. The molecule has 0 radical (unpaired) electrons. The largest absolute Gasteiger partial charge is 0.356 e. The molecule has 4 rings (SSSR count). The summed E-state index contributed by atoms with van der Waals surface area (Å²) in [5.41, 5.74) is 2.05. The molecular weight excluding hydrogens is 368 g/mol. The highest BCUT2D eigenvalue weighted by Crippen LogP contribution is 2.52. The Morgan fingerprint density at radius 2 is 1.93 bits per heavy atom. The highest BCUT2D eigenvalue weighted by Gasteiger charge is 2.60. The van der Waals surface area contributed by atoms with Crippen LogP contribution in [0.3, 0.4) is 0 Å². The van der Waals surface area contributed by atoms with Crippen molar-refractivity contribution >= 4 is 11.6 Å². The maximum atomic E-state index is 13.0. The number of likely N-dealkylation sites (tertiary alicyclic amines) is 1. The Balaban J connectivity index is 1.39. The predicted molar refractivity (Wildman–Crippen MR) is 110 cm³/mol. The van der Waals surface area contributed by atoms with Crippen molar-refractivity contribution in [1.82, 2.24) is 19.6 Å². The zero-order valence-corrected chi connectivity index (χ0v) is 18.1. The summed E-state index contributed by atoms with van der Waals surface area (Å²) in [7, 11) is 0. The number of piperidine rings is 1. The average Bonchev–Trinajstić information content (AvgIpc) is 2.96. The lowest BCUT2D eigenvalue weighted by atomic mass is 10.0. The van der Waals surface area contributed by atoms with Crippen LogP contribution in [0.4, 0.5) is 0 Å². The standard InChI is InChI=1S/C22H32N4O3/c1-13-8-7-9-26-16(10-23-18(13)26)22(5,6)24-19(27)17-14-11-25(12-15(14)17)20(28)29-21(2,3)4/h7-10,14-15,17,20,28H,11-12H2,1-6H3,(H,24,27)/t14-,15+,17+,20?. The lowest BCUT2D eigenvalue weighted by Crippen LogP contribution is -2.45. The number of aromatic nitrogens is 2. The number of fused-ring (bicyclic) bond motifs is 2. The zero-order chi connectivity index (χ0) is 21.1. The third-order valence-corrected chi connectivity index (χ3v) is 6.10. The lowest BCUT2D eigenvalue weighted by molar-refractivity contribution is -0.236. The van der Waals surface area contributed by atoms with E-state index in [0.29, 0.717) is 13.1 Å². The second-order valence-electron chi connectivity index (χ2n) is 10.0. The number of carbonyl (C=O) groups is 1. The van der Waals surface area contributed by atoms with E-state index in [0.717, 1.165) is 16.9 Å². The van der Waals surface area contributed by atoms with E-state index in [1.54, 1.807) is 0 Å². The number of hydrogen-bond donors (Lipinski definition) is 2. The van der Waals surface area contributed by atoms with E-state index in [2.05, 4.69) is 10.3 Å². The molecule has 0 aromatic carbocycles. The van der Waals surface area contributed by atoms with E-state index in [1.165, 1.54) is 0 Å². The normalized spacial score (nSPS) is 25.8. The summed E-state index contributed by atoms with van der Waals surface area (Å²) in [6.45, 7) is 13.2. The summed E-state index contributed by atoms with van der Waals surface area (Å²) >= 11 is 0. The SMILES string of the molecule is Cc1cccn2c(C(C)(C)NC(=O)[C@H]3[C@@H]4CN(C(O)OC(C)(C)C)C[C@@H]43)cnc12. The van der Waals surface area contributed by atoms with Crippen molar-refractivity contribution < 1.29 is 14.6 Å². The molecule has 1 saturated heterocycles. The fraction of sp³-hybridized carbons (Fsp3) is 0.636. The molecule has 1 saturated carbocycles. The lowest BCUT2D eigenvalue weighted by Gasteiger charge is -2.31. The fourth-order valence-corrected chi connectivity index (χ4v) is 4.59. The molecule has 2 aromatic heterocycles. The van der Waals surface area contributed by atoms with Crippen LogP contribution in [0.2, 0.25) is 0 Å². The van der Waals surface area contributed by atoms with E-state index in [-0.39, 0.29) is 23.7 Å². The van der Waals surface area contributed by atoms with Crippen molar-refractivity contribution in [2.75, 3.05) is 13.1 Å². The molecule has 0 spiro atoms. The monoisotopic (exact) mass is 400 g/mol. The van der Waals surface area contributed by atoms with Gasteiger partial charge < -0.3 is 19.6 Å². The molecule has 29 heavy (non-hydrogen) atoms. The van der Waals surface area contributed by atoms with Gasteiger partial charge in [0.15, 0.2) is 0 Å². The molecule has 1 amide bonds. The van der Waals surface area contributed by atoms with E-state index >= 15 is 0 Å². The van der Waals surface area contributed by atoms with Crippen LogP contribution in [-0.4, -0.2) is 50.4 Å². The number of carbonyl (C=O) groups excluding carboxylic acids is 1. The molecule has 4 atom stereocenters. The molecule has 1 unspecified atom stereocenters. The van der Waals surface area contributed by atoms with Gasteiger partial charge in [-0.1, -0.05) is 6.07 Å². The van der Waals surface area contributed by atoms with E-state index in [4.69, 9.17) is 4.74 Å². The van der Waals surface area contributed by atoms with Crippen molar-refractivity contribution in [2.45, 2.75) is 59.1 Å². The summed E-state index contributed by atoms with van der Waals surface area (Å²) < 4.78 is 7.68. The van der Waals surface area contributed by atoms with Crippen molar-refractivity contribution in [3.63, 3.8) is 0 Å². The molecule has 2 fully saturated rings. The number of amides is 1. The Morgan fingerprint density at radius 1 is 1.28 bits per heavy atom. The van der Waals surface area contributed by atoms with Crippen molar-refractivity contribution in [3.8, 4) is 0 Å². The predicted octanol–water partition coefficient (Wildman–Crippen LogP) is 2.26. The van der Waals surface area contributed by atoms with Gasteiger partial charge in [-0.15, -0.1) is 0 Å². The molecule has 7 nitrogen and oxygen atoms in total. The first kappa shape index (κ1) is 20.3. The zero-order valence-electron chi connectivity index (χ0n) is 18.1. The highest BCUT2D eigenvalue weighted by atomic mass is 16.6. The summed E-state index contributed by atoms with van der Waals surface area (Å²) in [6.07, 6.45) is 2.92. The molecule has 2 aromatic rings. The summed E-state index contributed by atoms with van der Waals surface area (Å²) in [4.78, 5) is 19.4. The Morgan fingerprint density at radius 3 is 2.55 bits per heavy atom. The van der Waals surface area contributed by atoms with Gasteiger partial charge in [0, 0.05) is 25.2 Å². The molecular formula is C22H32N4O3. The van der Waals surface area contributed by atoms with Gasteiger partial charge in [0.2, 0.25) is 12.3 Å². The van der Waals surface area contributed by atoms with E-state index in [9.17, 15) is 9.90 Å². The minimum Gasteiger partial charge on any atom is -0.356 e. The van der Waals surface area contributed by atoms with Crippen LogP contribution >= 0.6 is 0 Å². The number of rotatable bonds is 5. The van der Waals surface area contributed by atoms with Crippen LogP contribution in [-0.2, 0) is 15.1 Å².